The number of aromatic carboxylic acids is 1. The molecule has 2 aromatic rings. The molecule has 11 heteroatoms. The number of hydrogen-bond donors (Lipinski definition) is 1. The summed E-state index contributed by atoms with van der Waals surface area (Å²) in [5.74, 6) is -1.95. The highest BCUT2D eigenvalue weighted by Crippen LogP contribution is 2.73. The van der Waals surface area contributed by atoms with Gasteiger partial charge in [0.25, 0.3) is 0 Å². The van der Waals surface area contributed by atoms with Crippen molar-refractivity contribution < 1.29 is 32.5 Å². The minimum Gasteiger partial charge on any atom is -0.489 e. The van der Waals surface area contributed by atoms with Gasteiger partial charge >= 0.3 is 12.3 Å². The molecule has 1 unspecified atom stereocenters. The van der Waals surface area contributed by atoms with E-state index in [2.05, 4.69) is 10.8 Å². The van der Waals surface area contributed by atoms with Gasteiger partial charge in [0.1, 0.15) is 5.56 Å². The highest BCUT2D eigenvalue weighted by molar-refractivity contribution is 5.88. The van der Waals surface area contributed by atoms with Crippen molar-refractivity contribution >= 4 is 5.97 Å². The number of hydrogen-bond acceptors (Lipinski definition) is 6. The first kappa shape index (κ1) is 23.7. The molecule has 8 nitrogen and oxygen atoms in total. The fraction of sp³-hybridized carbons (Fsp3) is 0.500. The molecule has 7 rings (SSSR count). The van der Waals surface area contributed by atoms with Crippen LogP contribution in [0.2, 0.25) is 0 Å². The number of carbonyl (C=O) groups is 1. The molecule has 2 aliphatic heterocycles. The number of aromatic nitrogens is 1. The first-order chi connectivity index (χ1) is 17.3. The van der Waals surface area contributed by atoms with E-state index in [1.54, 1.807) is 10.7 Å². The quantitative estimate of drug-likeness (QED) is 0.613. The van der Waals surface area contributed by atoms with Crippen molar-refractivity contribution in [1.29, 1.82) is 5.26 Å². The van der Waals surface area contributed by atoms with Gasteiger partial charge in [-0.05, 0) is 63.6 Å². The maximum Gasteiger partial charge on any atom is 0.573 e. The number of pyridine rings is 1. The Kier molecular flexibility index (Phi) is 4.62. The lowest BCUT2D eigenvalue weighted by Gasteiger charge is -2.66. The highest BCUT2D eigenvalue weighted by atomic mass is 19.4. The predicted octanol–water partition coefficient (Wildman–Crippen LogP) is 4.75. The van der Waals surface area contributed by atoms with Crippen LogP contribution in [0, 0.1) is 22.2 Å². The summed E-state index contributed by atoms with van der Waals surface area (Å²) < 4.78 is 52.0. The van der Waals surface area contributed by atoms with Crippen LogP contribution in [0.5, 0.6) is 11.5 Å². The zero-order chi connectivity index (χ0) is 26.5. The van der Waals surface area contributed by atoms with Gasteiger partial charge in [0.2, 0.25) is 0 Å². The summed E-state index contributed by atoms with van der Waals surface area (Å²) in [4.78, 5) is 24.3. The molecule has 0 amide bonds. The number of carboxylic acids is 1. The van der Waals surface area contributed by atoms with Crippen molar-refractivity contribution in [2.75, 3.05) is 11.6 Å². The molecule has 2 bridgehead atoms. The molecule has 1 saturated heterocycles. The van der Waals surface area contributed by atoms with E-state index < -0.39 is 34.6 Å². The summed E-state index contributed by atoms with van der Waals surface area (Å²) in [6.45, 7) is 4.17. The number of alkyl halides is 3. The second-order valence-electron chi connectivity index (χ2n) is 11.4. The zero-order valence-electron chi connectivity index (χ0n) is 20.2. The van der Waals surface area contributed by atoms with Crippen LogP contribution in [0.1, 0.15) is 67.9 Å². The van der Waals surface area contributed by atoms with Crippen LogP contribution in [0.3, 0.4) is 0 Å². The van der Waals surface area contributed by atoms with Crippen molar-refractivity contribution in [1.82, 2.24) is 4.68 Å². The molecule has 3 heterocycles. The minimum absolute atomic E-state index is 0.0468. The van der Waals surface area contributed by atoms with Crippen molar-refractivity contribution in [2.45, 2.75) is 63.9 Å². The number of ether oxygens (including phenoxy) is 2. The lowest BCUT2D eigenvalue weighted by atomic mass is 9.36. The van der Waals surface area contributed by atoms with Crippen LogP contribution in [-0.4, -0.2) is 34.3 Å². The van der Waals surface area contributed by atoms with Gasteiger partial charge in [0.15, 0.2) is 16.9 Å². The Balaban J connectivity index is 1.47. The number of nitriles is 1. The smallest absolute Gasteiger partial charge is 0.489 e. The Hall–Kier alpha value is -3.68. The Labute approximate surface area is 209 Å². The van der Waals surface area contributed by atoms with Gasteiger partial charge in [-0.2, -0.15) is 5.26 Å². The molecule has 5 aliphatic rings. The second-order valence-corrected chi connectivity index (χ2v) is 11.4. The number of rotatable bonds is 5. The van der Waals surface area contributed by atoms with Crippen LogP contribution in [0.25, 0.3) is 11.3 Å². The number of carboxylic acid groups (broad SMARTS) is 1. The van der Waals surface area contributed by atoms with E-state index in [4.69, 9.17) is 4.74 Å². The standard InChI is InChI=1S/C26H24F3N3O5/c1-23(2)4-3-17-14-5-20(36-13-25-9-24(10-25,11-25)12-30)21(37-26(27,28)29)6-15(14)18-7-19(33)16(22(34)35)8-31(18)32(17)23/h5-8,17H,3-4,9-11,13H2,1-2H3,(H,34,35). The molecule has 1 aromatic carbocycles. The molecule has 1 atom stereocenters. The summed E-state index contributed by atoms with van der Waals surface area (Å²) in [6.07, 6.45) is -0.318. The lowest BCUT2D eigenvalue weighted by Crippen LogP contribution is -2.63. The van der Waals surface area contributed by atoms with Crippen LogP contribution in [0.4, 0.5) is 13.2 Å². The third-order valence-corrected chi connectivity index (χ3v) is 8.33. The van der Waals surface area contributed by atoms with Gasteiger partial charge < -0.3 is 14.6 Å². The van der Waals surface area contributed by atoms with Gasteiger partial charge in [0, 0.05) is 23.2 Å². The topological polar surface area (TPSA) is 105 Å². The van der Waals surface area contributed by atoms with Crippen molar-refractivity contribution in [3.8, 4) is 28.8 Å². The number of halogens is 3. The zero-order valence-corrected chi connectivity index (χ0v) is 20.2. The van der Waals surface area contributed by atoms with Crippen molar-refractivity contribution in [3.05, 3.63) is 45.7 Å². The summed E-state index contributed by atoms with van der Waals surface area (Å²) in [6, 6.07) is 5.96. The molecular formula is C26H24F3N3O5. The monoisotopic (exact) mass is 515 g/mol. The summed E-state index contributed by atoms with van der Waals surface area (Å²) >= 11 is 0. The van der Waals surface area contributed by atoms with Gasteiger partial charge in [-0.15, -0.1) is 13.2 Å². The maximum absolute atomic E-state index is 13.4. The molecule has 3 aliphatic carbocycles. The average molecular weight is 515 g/mol. The van der Waals surface area contributed by atoms with Crippen LogP contribution >= 0.6 is 0 Å². The lowest BCUT2D eigenvalue weighted by molar-refractivity contribution is -0.275. The number of fused-ring (bicyclic) bond motifs is 6. The molecule has 37 heavy (non-hydrogen) atoms. The van der Waals surface area contributed by atoms with Gasteiger partial charge in [-0.3, -0.25) is 14.5 Å². The maximum atomic E-state index is 13.4. The average Bonchev–Trinajstić information content (AvgIpc) is 3.06. The third kappa shape index (κ3) is 3.49. The Morgan fingerprint density at radius 1 is 1.22 bits per heavy atom. The first-order valence-corrected chi connectivity index (χ1v) is 12.0. The summed E-state index contributed by atoms with van der Waals surface area (Å²) in [5, 5.41) is 20.8. The summed E-state index contributed by atoms with van der Waals surface area (Å²) in [7, 11) is 0. The van der Waals surface area contributed by atoms with Crippen LogP contribution in [0.15, 0.2) is 29.2 Å². The van der Waals surface area contributed by atoms with Gasteiger partial charge in [0.05, 0.1) is 35.4 Å². The Bertz CT molecular complexity index is 1440. The van der Waals surface area contributed by atoms with E-state index in [0.717, 1.165) is 12.5 Å². The van der Waals surface area contributed by atoms with E-state index in [1.165, 1.54) is 12.3 Å². The normalized spacial score (nSPS) is 28.1. The van der Waals surface area contributed by atoms with E-state index in [1.807, 2.05) is 18.9 Å². The molecular weight excluding hydrogens is 491 g/mol. The van der Waals surface area contributed by atoms with Crippen molar-refractivity contribution in [2.24, 2.45) is 10.8 Å². The van der Waals surface area contributed by atoms with Crippen LogP contribution < -0.4 is 19.9 Å². The number of benzene rings is 1. The molecule has 3 saturated carbocycles. The fourth-order valence-electron chi connectivity index (χ4n) is 6.83. The third-order valence-electron chi connectivity index (χ3n) is 8.33. The SMILES string of the molecule is CC1(C)CCC2c3cc(OCC45CC(C#N)(C4)C5)c(OC(F)(F)F)cc3-c3cc(=O)c(C(=O)O)cn3N21. The second kappa shape index (κ2) is 7.21. The Morgan fingerprint density at radius 3 is 2.54 bits per heavy atom. The number of nitrogens with zero attached hydrogens (tertiary/aromatic N) is 3. The molecule has 0 spiro atoms. The molecule has 4 fully saturated rings. The molecule has 1 N–H and O–H groups in total. The van der Waals surface area contributed by atoms with Gasteiger partial charge in [-0.1, -0.05) is 0 Å². The Morgan fingerprint density at radius 2 is 1.92 bits per heavy atom. The molecule has 1 aromatic heterocycles. The highest BCUT2D eigenvalue weighted by Gasteiger charge is 2.68. The molecule has 0 radical (unpaired) electrons. The van der Waals surface area contributed by atoms with Crippen molar-refractivity contribution in [3.63, 3.8) is 0 Å². The summed E-state index contributed by atoms with van der Waals surface area (Å²) in [5.41, 5.74) is -0.769. The fourth-order valence-corrected chi connectivity index (χ4v) is 6.83. The van der Waals surface area contributed by atoms with E-state index in [9.17, 15) is 33.1 Å². The minimum atomic E-state index is -4.98. The van der Waals surface area contributed by atoms with Gasteiger partial charge in [-0.25, -0.2) is 4.79 Å². The van der Waals surface area contributed by atoms with E-state index >= 15 is 0 Å². The molecule has 194 valence electrons. The van der Waals surface area contributed by atoms with E-state index in [0.29, 0.717) is 36.8 Å². The largest absolute Gasteiger partial charge is 0.573 e. The van der Waals surface area contributed by atoms with Crippen LogP contribution in [-0.2, 0) is 0 Å². The van der Waals surface area contributed by atoms with E-state index in [-0.39, 0.29) is 34.9 Å². The predicted molar refractivity (Wildman–Crippen MR) is 124 cm³/mol. The first-order valence-electron chi connectivity index (χ1n) is 12.0.